The quantitative estimate of drug-likeness (QED) is 0.565. The van der Waals surface area contributed by atoms with Gasteiger partial charge in [0.15, 0.2) is 0 Å². The third-order valence-corrected chi connectivity index (χ3v) is 1.75. The Morgan fingerprint density at radius 2 is 1.87 bits per heavy atom. The van der Waals surface area contributed by atoms with Crippen molar-refractivity contribution in [2.45, 2.75) is 27.2 Å². The summed E-state index contributed by atoms with van der Waals surface area (Å²) in [7, 11) is 1.27. The molecule has 0 heterocycles. The van der Waals surface area contributed by atoms with Crippen LogP contribution in [0.3, 0.4) is 0 Å². The van der Waals surface area contributed by atoms with E-state index in [1.807, 2.05) is 0 Å². The fraction of sp³-hybridized carbons (Fsp3) is 0.636. The first kappa shape index (κ1) is 13.7. The molecule has 15 heavy (non-hydrogen) atoms. The van der Waals surface area contributed by atoms with Gasteiger partial charge in [-0.3, -0.25) is 4.79 Å². The molecule has 86 valence electrons. The number of carbonyl (C=O) groups excluding carboxylic acids is 2. The summed E-state index contributed by atoms with van der Waals surface area (Å²) in [6.45, 7) is 6.91. The van der Waals surface area contributed by atoms with Crippen molar-refractivity contribution in [1.82, 2.24) is 5.32 Å². The zero-order chi connectivity index (χ0) is 11.9. The first-order valence-electron chi connectivity index (χ1n) is 4.89. The van der Waals surface area contributed by atoms with Crippen molar-refractivity contribution >= 4 is 11.9 Å². The summed E-state index contributed by atoms with van der Waals surface area (Å²) in [5.41, 5.74) is 0.194. The Bertz CT molecular complexity index is 251. The first-order chi connectivity index (χ1) is 6.85. The average Bonchev–Trinajstić information content (AvgIpc) is 2.12. The minimum absolute atomic E-state index is 0.194. The maximum Gasteiger partial charge on any atom is 0.330 e. The van der Waals surface area contributed by atoms with Crippen LogP contribution in [0.4, 0.5) is 0 Å². The summed E-state index contributed by atoms with van der Waals surface area (Å²) in [6.07, 6.45) is 3.17. The predicted molar refractivity (Wildman–Crippen MR) is 58.2 cm³/mol. The summed E-state index contributed by atoms with van der Waals surface area (Å²) in [6, 6.07) is 0. The highest BCUT2D eigenvalue weighted by Crippen LogP contribution is 2.16. The number of methoxy groups -OCH3 is 1. The van der Waals surface area contributed by atoms with Crippen LogP contribution in [0, 0.1) is 5.41 Å². The molecule has 0 aliphatic carbocycles. The molecule has 0 rings (SSSR count). The van der Waals surface area contributed by atoms with Gasteiger partial charge in [-0.15, -0.1) is 0 Å². The molecule has 0 aromatic heterocycles. The lowest BCUT2D eigenvalue weighted by molar-refractivity contribution is -0.135. The van der Waals surface area contributed by atoms with E-state index in [4.69, 9.17) is 0 Å². The van der Waals surface area contributed by atoms with Crippen LogP contribution in [0.1, 0.15) is 27.2 Å². The van der Waals surface area contributed by atoms with Gasteiger partial charge in [-0.05, 0) is 11.8 Å². The number of hydrogen-bond donors (Lipinski definition) is 1. The number of nitrogens with one attached hydrogen (secondary N) is 1. The number of esters is 1. The molecule has 4 heteroatoms. The largest absolute Gasteiger partial charge is 0.466 e. The van der Waals surface area contributed by atoms with Gasteiger partial charge in [-0.25, -0.2) is 4.79 Å². The van der Waals surface area contributed by atoms with Crippen LogP contribution >= 0.6 is 0 Å². The topological polar surface area (TPSA) is 55.4 Å². The zero-order valence-corrected chi connectivity index (χ0v) is 9.79. The van der Waals surface area contributed by atoms with E-state index in [0.717, 1.165) is 12.5 Å². The van der Waals surface area contributed by atoms with Crippen molar-refractivity contribution in [1.29, 1.82) is 0 Å². The summed E-state index contributed by atoms with van der Waals surface area (Å²) < 4.78 is 4.35. The third kappa shape index (κ3) is 9.00. The molecule has 0 saturated carbocycles. The Kier molecular flexibility index (Phi) is 5.67. The smallest absolute Gasteiger partial charge is 0.330 e. The van der Waals surface area contributed by atoms with Gasteiger partial charge >= 0.3 is 5.97 Å². The van der Waals surface area contributed by atoms with Crippen LogP contribution in [-0.2, 0) is 14.3 Å². The van der Waals surface area contributed by atoms with Crippen molar-refractivity contribution < 1.29 is 14.3 Å². The summed E-state index contributed by atoms with van der Waals surface area (Å²) >= 11 is 0. The van der Waals surface area contributed by atoms with Crippen molar-refractivity contribution in [2.24, 2.45) is 5.41 Å². The molecule has 0 fully saturated rings. The molecule has 0 aliphatic heterocycles. The molecule has 0 spiro atoms. The standard InChI is InChI=1S/C11H19NO3/c1-11(2,3)7-8-12-9(13)5-6-10(14)15-4/h5-6H,7-8H2,1-4H3,(H,12,13)/b6-5+. The van der Waals surface area contributed by atoms with Crippen molar-refractivity contribution in [3.05, 3.63) is 12.2 Å². The predicted octanol–water partition coefficient (Wildman–Crippen LogP) is 1.27. The lowest BCUT2D eigenvalue weighted by Crippen LogP contribution is -2.25. The summed E-state index contributed by atoms with van der Waals surface area (Å²) in [4.78, 5) is 21.8. The van der Waals surface area contributed by atoms with Crippen LogP contribution in [-0.4, -0.2) is 25.5 Å². The highest BCUT2D eigenvalue weighted by Gasteiger charge is 2.09. The molecule has 0 atom stereocenters. The summed E-state index contributed by atoms with van der Waals surface area (Å²) in [5, 5.41) is 2.69. The second kappa shape index (κ2) is 6.22. The average molecular weight is 213 g/mol. The number of carbonyl (C=O) groups is 2. The SMILES string of the molecule is COC(=O)/C=C/C(=O)NCCC(C)(C)C. The second-order valence-corrected chi connectivity index (χ2v) is 4.46. The molecular formula is C11H19NO3. The number of amides is 1. The molecule has 0 saturated heterocycles. The van der Waals surface area contributed by atoms with Crippen LogP contribution < -0.4 is 5.32 Å². The number of hydrogen-bond acceptors (Lipinski definition) is 3. The maximum atomic E-state index is 11.1. The van der Waals surface area contributed by atoms with Gasteiger partial charge in [-0.2, -0.15) is 0 Å². The third-order valence-electron chi connectivity index (χ3n) is 1.75. The minimum atomic E-state index is -0.527. The molecule has 1 N–H and O–H groups in total. The lowest BCUT2D eigenvalue weighted by atomic mass is 9.92. The fourth-order valence-electron chi connectivity index (χ4n) is 0.831. The van der Waals surface area contributed by atoms with Crippen LogP contribution in [0.25, 0.3) is 0 Å². The van der Waals surface area contributed by atoms with Gasteiger partial charge < -0.3 is 10.1 Å². The molecule has 0 aromatic rings. The van der Waals surface area contributed by atoms with E-state index >= 15 is 0 Å². The highest BCUT2D eigenvalue weighted by molar-refractivity contribution is 5.94. The van der Waals surface area contributed by atoms with E-state index in [2.05, 4.69) is 30.8 Å². The molecule has 0 aliphatic rings. The fourth-order valence-corrected chi connectivity index (χ4v) is 0.831. The van der Waals surface area contributed by atoms with E-state index in [0.29, 0.717) is 6.54 Å². The monoisotopic (exact) mass is 213 g/mol. The lowest BCUT2D eigenvalue weighted by Gasteiger charge is -2.17. The molecule has 1 amide bonds. The van der Waals surface area contributed by atoms with Gasteiger partial charge in [0.05, 0.1) is 7.11 Å². The van der Waals surface area contributed by atoms with Crippen molar-refractivity contribution in [3.63, 3.8) is 0 Å². The van der Waals surface area contributed by atoms with Gasteiger partial charge in [0, 0.05) is 18.7 Å². The normalized spacial score (nSPS) is 11.5. The van der Waals surface area contributed by atoms with E-state index in [9.17, 15) is 9.59 Å². The molecule has 0 bridgehead atoms. The highest BCUT2D eigenvalue weighted by atomic mass is 16.5. The van der Waals surface area contributed by atoms with E-state index in [-0.39, 0.29) is 11.3 Å². The van der Waals surface area contributed by atoms with Crippen LogP contribution in [0.15, 0.2) is 12.2 Å². The van der Waals surface area contributed by atoms with E-state index in [1.165, 1.54) is 13.2 Å². The van der Waals surface area contributed by atoms with Crippen molar-refractivity contribution in [3.8, 4) is 0 Å². The number of ether oxygens (including phenoxy) is 1. The Balaban J connectivity index is 3.76. The molecular weight excluding hydrogens is 194 g/mol. The minimum Gasteiger partial charge on any atom is -0.466 e. The van der Waals surface area contributed by atoms with Crippen LogP contribution in [0.2, 0.25) is 0 Å². The van der Waals surface area contributed by atoms with E-state index in [1.54, 1.807) is 0 Å². The Morgan fingerprint density at radius 1 is 1.27 bits per heavy atom. The number of rotatable bonds is 4. The first-order valence-corrected chi connectivity index (χ1v) is 4.89. The molecule has 4 nitrogen and oxygen atoms in total. The van der Waals surface area contributed by atoms with E-state index < -0.39 is 5.97 Å². The van der Waals surface area contributed by atoms with Gasteiger partial charge in [0.25, 0.3) is 0 Å². The molecule has 0 radical (unpaired) electrons. The van der Waals surface area contributed by atoms with Crippen LogP contribution in [0.5, 0.6) is 0 Å². The summed E-state index contributed by atoms with van der Waals surface area (Å²) in [5.74, 6) is -0.800. The molecule has 0 unspecified atom stereocenters. The Labute approximate surface area is 90.7 Å². The van der Waals surface area contributed by atoms with Gasteiger partial charge in [0.2, 0.25) is 5.91 Å². The van der Waals surface area contributed by atoms with Gasteiger partial charge in [-0.1, -0.05) is 20.8 Å². The second-order valence-electron chi connectivity index (χ2n) is 4.46. The Hall–Kier alpha value is -1.32. The van der Waals surface area contributed by atoms with Gasteiger partial charge in [0.1, 0.15) is 0 Å². The maximum absolute atomic E-state index is 11.1. The zero-order valence-electron chi connectivity index (χ0n) is 9.79. The van der Waals surface area contributed by atoms with Crippen molar-refractivity contribution in [2.75, 3.05) is 13.7 Å². The molecule has 0 aromatic carbocycles. The Morgan fingerprint density at radius 3 is 2.33 bits per heavy atom.